The molecule has 0 unspecified atom stereocenters. The Morgan fingerprint density at radius 1 is 1.35 bits per heavy atom. The molecule has 0 fully saturated rings. The van der Waals surface area contributed by atoms with Crippen molar-refractivity contribution >= 4 is 15.9 Å². The summed E-state index contributed by atoms with van der Waals surface area (Å²) in [4.78, 5) is 4.44. The monoisotopic (exact) mass is 337 g/mol. The van der Waals surface area contributed by atoms with E-state index in [2.05, 4.69) is 52.2 Å². The molecule has 1 heterocycles. The number of aryl methyl sites for hydroxylation is 2. The maximum atomic E-state index is 5.29. The van der Waals surface area contributed by atoms with Crippen LogP contribution in [0.25, 0.3) is 11.4 Å². The van der Waals surface area contributed by atoms with Gasteiger partial charge < -0.3 is 9.84 Å². The Hall–Kier alpha value is -1.20. The van der Waals surface area contributed by atoms with Crippen LogP contribution in [-0.2, 0) is 6.42 Å². The molecule has 20 heavy (non-hydrogen) atoms. The molecule has 1 aromatic carbocycles. The van der Waals surface area contributed by atoms with Gasteiger partial charge in [0.25, 0.3) is 0 Å². The molecule has 108 valence electrons. The lowest BCUT2D eigenvalue weighted by Crippen LogP contribution is -2.23. The molecule has 1 N–H and O–H groups in total. The van der Waals surface area contributed by atoms with E-state index in [0.29, 0.717) is 17.8 Å². The van der Waals surface area contributed by atoms with Gasteiger partial charge in [-0.05, 0) is 31.5 Å². The summed E-state index contributed by atoms with van der Waals surface area (Å²) in [5.41, 5.74) is 2.16. The number of rotatable bonds is 6. The third-order valence-electron chi connectivity index (χ3n) is 3.02. The second kappa shape index (κ2) is 6.99. The molecule has 0 aliphatic carbocycles. The molecule has 2 rings (SSSR count). The van der Waals surface area contributed by atoms with Crippen LogP contribution < -0.4 is 5.32 Å². The van der Waals surface area contributed by atoms with E-state index in [1.54, 1.807) is 0 Å². The lowest BCUT2D eigenvalue weighted by Gasteiger charge is -2.05. The molecular formula is C15H20BrN3O. The van der Waals surface area contributed by atoms with Crippen molar-refractivity contribution in [1.29, 1.82) is 0 Å². The van der Waals surface area contributed by atoms with Crippen LogP contribution in [0.1, 0.15) is 31.7 Å². The number of nitrogens with zero attached hydrogens (tertiary/aromatic N) is 2. The molecule has 0 radical (unpaired) electrons. The molecule has 0 spiro atoms. The third-order valence-corrected chi connectivity index (χ3v) is 3.87. The van der Waals surface area contributed by atoms with E-state index in [0.717, 1.165) is 29.4 Å². The van der Waals surface area contributed by atoms with Crippen molar-refractivity contribution < 1.29 is 4.52 Å². The predicted octanol–water partition coefficient (Wildman–Crippen LogP) is 3.74. The molecule has 0 aliphatic heterocycles. The van der Waals surface area contributed by atoms with Crippen molar-refractivity contribution in [3.63, 3.8) is 0 Å². The average Bonchev–Trinajstić information content (AvgIpc) is 2.86. The lowest BCUT2D eigenvalue weighted by atomic mass is 10.1. The fourth-order valence-corrected chi connectivity index (χ4v) is 2.21. The maximum absolute atomic E-state index is 5.29. The maximum Gasteiger partial charge on any atom is 0.227 e. The summed E-state index contributed by atoms with van der Waals surface area (Å²) in [6.45, 7) is 7.29. The Bertz CT molecular complexity index is 566. The first kappa shape index (κ1) is 15.2. The van der Waals surface area contributed by atoms with Crippen LogP contribution in [0.3, 0.4) is 0 Å². The van der Waals surface area contributed by atoms with Gasteiger partial charge in [-0.15, -0.1) is 0 Å². The van der Waals surface area contributed by atoms with Crippen molar-refractivity contribution in [2.24, 2.45) is 0 Å². The molecule has 0 aliphatic rings. The number of hydrogen-bond acceptors (Lipinski definition) is 4. The van der Waals surface area contributed by atoms with Gasteiger partial charge in [0.15, 0.2) is 0 Å². The molecule has 2 aromatic rings. The molecule has 0 amide bonds. The van der Waals surface area contributed by atoms with Gasteiger partial charge in [-0.3, -0.25) is 0 Å². The van der Waals surface area contributed by atoms with Crippen molar-refractivity contribution in [3.05, 3.63) is 34.1 Å². The van der Waals surface area contributed by atoms with E-state index in [1.807, 2.05) is 18.2 Å². The fourth-order valence-electron chi connectivity index (χ4n) is 1.84. The summed E-state index contributed by atoms with van der Waals surface area (Å²) in [7, 11) is 0. The van der Waals surface area contributed by atoms with Crippen LogP contribution in [0.2, 0.25) is 0 Å². The molecule has 1 aromatic heterocycles. The highest BCUT2D eigenvalue weighted by atomic mass is 79.9. The van der Waals surface area contributed by atoms with Crippen molar-refractivity contribution in [2.75, 3.05) is 6.54 Å². The van der Waals surface area contributed by atoms with E-state index >= 15 is 0 Å². The molecule has 0 saturated heterocycles. The van der Waals surface area contributed by atoms with E-state index in [4.69, 9.17) is 4.52 Å². The van der Waals surface area contributed by atoms with Gasteiger partial charge in [0.1, 0.15) is 0 Å². The number of aromatic nitrogens is 2. The highest BCUT2D eigenvalue weighted by Gasteiger charge is 2.09. The van der Waals surface area contributed by atoms with Crippen LogP contribution in [0.5, 0.6) is 0 Å². The van der Waals surface area contributed by atoms with Crippen molar-refractivity contribution in [1.82, 2.24) is 15.5 Å². The second-order valence-corrected chi connectivity index (χ2v) is 6.04. The third kappa shape index (κ3) is 4.15. The Morgan fingerprint density at radius 2 is 2.15 bits per heavy atom. The molecule has 0 saturated carbocycles. The highest BCUT2D eigenvalue weighted by Crippen LogP contribution is 2.23. The van der Waals surface area contributed by atoms with E-state index < -0.39 is 0 Å². The summed E-state index contributed by atoms with van der Waals surface area (Å²) in [5.74, 6) is 1.35. The standard InChI is InChI=1S/C15H20BrN3O/c1-10(2)17-8-4-5-14-18-15(19-20-14)12-7-6-11(3)13(16)9-12/h6-7,9-10,17H,4-5,8H2,1-3H3. The van der Waals surface area contributed by atoms with Crippen LogP contribution in [-0.4, -0.2) is 22.7 Å². The predicted molar refractivity (Wildman–Crippen MR) is 83.6 cm³/mol. The minimum Gasteiger partial charge on any atom is -0.339 e. The number of nitrogens with one attached hydrogen (secondary N) is 1. The van der Waals surface area contributed by atoms with Gasteiger partial charge >= 0.3 is 0 Å². The minimum absolute atomic E-state index is 0.512. The summed E-state index contributed by atoms with van der Waals surface area (Å²) < 4.78 is 6.35. The van der Waals surface area contributed by atoms with Crippen LogP contribution >= 0.6 is 15.9 Å². The molecule has 5 heteroatoms. The van der Waals surface area contributed by atoms with Gasteiger partial charge in [-0.25, -0.2) is 0 Å². The smallest absolute Gasteiger partial charge is 0.227 e. The Morgan fingerprint density at radius 3 is 2.85 bits per heavy atom. The fraction of sp³-hybridized carbons (Fsp3) is 0.467. The highest BCUT2D eigenvalue weighted by molar-refractivity contribution is 9.10. The van der Waals surface area contributed by atoms with E-state index in [-0.39, 0.29) is 0 Å². The lowest BCUT2D eigenvalue weighted by molar-refractivity contribution is 0.374. The number of halogens is 1. The summed E-state index contributed by atoms with van der Waals surface area (Å²) in [6, 6.07) is 6.58. The van der Waals surface area contributed by atoms with Gasteiger partial charge in [0.2, 0.25) is 11.7 Å². The summed E-state index contributed by atoms with van der Waals surface area (Å²) in [5, 5.41) is 7.42. The SMILES string of the molecule is Cc1ccc(-c2noc(CCCNC(C)C)n2)cc1Br. The molecule has 0 bridgehead atoms. The summed E-state index contributed by atoms with van der Waals surface area (Å²) >= 11 is 3.52. The first-order valence-corrected chi connectivity index (χ1v) is 7.68. The first-order valence-electron chi connectivity index (χ1n) is 6.89. The Kier molecular flexibility index (Phi) is 5.31. The number of hydrogen-bond donors (Lipinski definition) is 1. The minimum atomic E-state index is 0.512. The van der Waals surface area contributed by atoms with Gasteiger partial charge in [-0.1, -0.05) is 47.1 Å². The molecule has 4 nitrogen and oxygen atoms in total. The van der Waals surface area contributed by atoms with Crippen LogP contribution in [0, 0.1) is 6.92 Å². The van der Waals surface area contributed by atoms with Crippen LogP contribution in [0.4, 0.5) is 0 Å². The second-order valence-electron chi connectivity index (χ2n) is 5.19. The van der Waals surface area contributed by atoms with E-state index in [9.17, 15) is 0 Å². The van der Waals surface area contributed by atoms with Gasteiger partial charge in [0, 0.05) is 22.5 Å². The zero-order chi connectivity index (χ0) is 14.5. The number of benzene rings is 1. The molecule has 0 atom stereocenters. The van der Waals surface area contributed by atoms with Crippen molar-refractivity contribution in [3.8, 4) is 11.4 Å². The topological polar surface area (TPSA) is 51.0 Å². The normalized spacial score (nSPS) is 11.2. The largest absolute Gasteiger partial charge is 0.339 e. The molecular weight excluding hydrogens is 318 g/mol. The van der Waals surface area contributed by atoms with Crippen molar-refractivity contribution in [2.45, 2.75) is 39.7 Å². The summed E-state index contributed by atoms with van der Waals surface area (Å²) in [6.07, 6.45) is 1.80. The van der Waals surface area contributed by atoms with E-state index in [1.165, 1.54) is 5.56 Å². The zero-order valence-corrected chi connectivity index (χ0v) is 13.7. The first-order chi connectivity index (χ1) is 9.56. The zero-order valence-electron chi connectivity index (χ0n) is 12.1. The quantitative estimate of drug-likeness (QED) is 0.816. The van der Waals surface area contributed by atoms with Gasteiger partial charge in [-0.2, -0.15) is 4.98 Å². The van der Waals surface area contributed by atoms with Gasteiger partial charge in [0.05, 0.1) is 0 Å². The average molecular weight is 338 g/mol. The van der Waals surface area contributed by atoms with Crippen LogP contribution in [0.15, 0.2) is 27.2 Å². The Labute approximate surface area is 128 Å². The Balaban J connectivity index is 1.96.